The topological polar surface area (TPSA) is 94.4 Å². The number of non-ortho nitro benzene ring substituents is 1. The van der Waals surface area contributed by atoms with Crippen molar-refractivity contribution in [2.75, 3.05) is 11.9 Å². The van der Waals surface area contributed by atoms with Crippen LogP contribution < -0.4 is 10.1 Å². The average Bonchev–Trinajstić information content (AvgIpc) is 2.54. The third-order valence-corrected chi connectivity index (χ3v) is 2.79. The molecule has 25 heavy (non-hydrogen) atoms. The van der Waals surface area contributed by atoms with E-state index in [0.717, 1.165) is 36.5 Å². The molecule has 0 saturated heterocycles. The normalized spacial score (nSPS) is 11.0. The minimum absolute atomic E-state index is 0.106. The summed E-state index contributed by atoms with van der Waals surface area (Å²) < 4.78 is 54.0. The van der Waals surface area contributed by atoms with E-state index in [-0.39, 0.29) is 11.4 Å². The number of amides is 1. The van der Waals surface area contributed by atoms with Gasteiger partial charge >= 0.3 is 6.18 Å². The molecular weight excluding hydrogens is 350 g/mol. The standard InChI is InChI=1S/C14H9F4N3O4/c15-10-3-2-9(21(23)24)5-11(10)20-13(22)8-1-4-12(19-6-8)25-7-14(16,17)18/h1-6H,7H2,(H,20,22). The van der Waals surface area contributed by atoms with Crippen molar-refractivity contribution in [2.24, 2.45) is 0 Å². The Hall–Kier alpha value is -3.24. The van der Waals surface area contributed by atoms with E-state index in [2.05, 4.69) is 15.0 Å². The number of nitrogens with one attached hydrogen (secondary N) is 1. The van der Waals surface area contributed by atoms with Gasteiger partial charge in [0.25, 0.3) is 11.6 Å². The number of hydrogen-bond acceptors (Lipinski definition) is 5. The van der Waals surface area contributed by atoms with Crippen molar-refractivity contribution in [3.05, 3.63) is 58.0 Å². The van der Waals surface area contributed by atoms with E-state index in [9.17, 15) is 32.5 Å². The monoisotopic (exact) mass is 359 g/mol. The van der Waals surface area contributed by atoms with Crippen LogP contribution in [0.3, 0.4) is 0 Å². The maximum Gasteiger partial charge on any atom is 0.422 e. The van der Waals surface area contributed by atoms with Crippen LogP contribution in [0.5, 0.6) is 5.88 Å². The number of carbonyl (C=O) groups excluding carboxylic acids is 1. The number of alkyl halides is 3. The number of hydrogen-bond donors (Lipinski definition) is 1. The van der Waals surface area contributed by atoms with Gasteiger partial charge in [-0.05, 0) is 12.1 Å². The second-order valence-corrected chi connectivity index (χ2v) is 4.66. The van der Waals surface area contributed by atoms with Crippen molar-refractivity contribution in [2.45, 2.75) is 6.18 Å². The van der Waals surface area contributed by atoms with Crippen LogP contribution in [-0.4, -0.2) is 28.6 Å². The molecule has 0 aliphatic rings. The first-order valence-electron chi connectivity index (χ1n) is 6.56. The highest BCUT2D eigenvalue weighted by Gasteiger charge is 2.28. The smallest absolute Gasteiger partial charge is 0.422 e. The lowest BCUT2D eigenvalue weighted by Crippen LogP contribution is -2.20. The molecule has 0 radical (unpaired) electrons. The Labute approximate surface area is 137 Å². The average molecular weight is 359 g/mol. The van der Waals surface area contributed by atoms with E-state index in [1.165, 1.54) is 0 Å². The lowest BCUT2D eigenvalue weighted by molar-refractivity contribution is -0.384. The molecule has 1 aromatic heterocycles. The van der Waals surface area contributed by atoms with Gasteiger partial charge in [0, 0.05) is 24.4 Å². The zero-order valence-electron chi connectivity index (χ0n) is 12.2. The van der Waals surface area contributed by atoms with E-state index in [0.29, 0.717) is 0 Å². The number of benzene rings is 1. The highest BCUT2D eigenvalue weighted by molar-refractivity contribution is 6.04. The van der Waals surface area contributed by atoms with Gasteiger partial charge in [0.1, 0.15) is 5.82 Å². The summed E-state index contributed by atoms with van der Waals surface area (Å²) in [5.41, 5.74) is -0.951. The molecule has 1 heterocycles. The van der Waals surface area contributed by atoms with Gasteiger partial charge in [-0.15, -0.1) is 0 Å². The Balaban J connectivity index is 2.08. The molecule has 0 unspecified atom stereocenters. The van der Waals surface area contributed by atoms with Crippen LogP contribution in [0.25, 0.3) is 0 Å². The summed E-state index contributed by atoms with van der Waals surface area (Å²) in [6.45, 7) is -1.54. The molecule has 0 bridgehead atoms. The number of nitro benzene ring substituents is 1. The number of ether oxygens (including phenoxy) is 1. The van der Waals surface area contributed by atoms with Crippen LogP contribution in [0.2, 0.25) is 0 Å². The number of halogens is 4. The molecule has 7 nitrogen and oxygen atoms in total. The van der Waals surface area contributed by atoms with E-state index >= 15 is 0 Å². The molecule has 1 amide bonds. The van der Waals surface area contributed by atoms with Gasteiger partial charge in [-0.2, -0.15) is 13.2 Å². The van der Waals surface area contributed by atoms with Gasteiger partial charge in [-0.3, -0.25) is 14.9 Å². The maximum atomic E-state index is 13.6. The Morgan fingerprint density at radius 2 is 2.00 bits per heavy atom. The lowest BCUT2D eigenvalue weighted by atomic mass is 10.2. The molecule has 0 fully saturated rings. The highest BCUT2D eigenvalue weighted by atomic mass is 19.4. The fourth-order valence-electron chi connectivity index (χ4n) is 1.67. The Kier molecular flexibility index (Phi) is 5.15. The van der Waals surface area contributed by atoms with Gasteiger partial charge in [-0.1, -0.05) is 0 Å². The van der Waals surface area contributed by atoms with Gasteiger partial charge in [0.15, 0.2) is 6.61 Å². The quantitative estimate of drug-likeness (QED) is 0.502. The molecule has 0 spiro atoms. The van der Waals surface area contributed by atoms with Gasteiger partial charge < -0.3 is 10.1 Å². The number of nitro groups is 1. The number of carbonyl (C=O) groups is 1. The van der Waals surface area contributed by atoms with Crippen molar-refractivity contribution >= 4 is 17.3 Å². The van der Waals surface area contributed by atoms with Crippen LogP contribution in [0, 0.1) is 15.9 Å². The van der Waals surface area contributed by atoms with E-state index in [1.54, 1.807) is 0 Å². The molecule has 0 saturated carbocycles. The van der Waals surface area contributed by atoms with Gasteiger partial charge in [0.05, 0.1) is 16.2 Å². The first-order valence-corrected chi connectivity index (χ1v) is 6.56. The second-order valence-electron chi connectivity index (χ2n) is 4.66. The molecule has 0 aliphatic heterocycles. The summed E-state index contributed by atoms with van der Waals surface area (Å²) in [5.74, 6) is -2.10. The second kappa shape index (κ2) is 7.11. The Bertz CT molecular complexity index is 794. The first kappa shape index (κ1) is 18.1. The summed E-state index contributed by atoms with van der Waals surface area (Å²) >= 11 is 0. The zero-order valence-corrected chi connectivity index (χ0v) is 12.2. The van der Waals surface area contributed by atoms with E-state index in [4.69, 9.17) is 0 Å². The molecule has 2 aromatic rings. The largest absolute Gasteiger partial charge is 0.468 e. The number of aromatic nitrogens is 1. The summed E-state index contributed by atoms with van der Waals surface area (Å²) in [4.78, 5) is 25.4. The fraction of sp³-hybridized carbons (Fsp3) is 0.143. The fourth-order valence-corrected chi connectivity index (χ4v) is 1.67. The molecule has 0 atom stereocenters. The lowest BCUT2D eigenvalue weighted by Gasteiger charge is -2.09. The van der Waals surface area contributed by atoms with Gasteiger partial charge in [-0.25, -0.2) is 9.37 Å². The molecular formula is C14H9F4N3O4. The van der Waals surface area contributed by atoms with Crippen molar-refractivity contribution in [1.82, 2.24) is 4.98 Å². The number of pyridine rings is 1. The predicted octanol–water partition coefficient (Wildman–Crippen LogP) is 3.32. The zero-order chi connectivity index (χ0) is 18.6. The number of rotatable bonds is 5. The van der Waals surface area contributed by atoms with Crippen LogP contribution in [-0.2, 0) is 0 Å². The van der Waals surface area contributed by atoms with Crippen LogP contribution in [0.15, 0.2) is 36.5 Å². The van der Waals surface area contributed by atoms with Crippen molar-refractivity contribution in [3.63, 3.8) is 0 Å². The summed E-state index contributed by atoms with van der Waals surface area (Å²) in [5, 5.41) is 12.8. The summed E-state index contributed by atoms with van der Waals surface area (Å²) in [6.07, 6.45) is -3.60. The Morgan fingerprint density at radius 3 is 2.56 bits per heavy atom. The third-order valence-electron chi connectivity index (χ3n) is 2.79. The number of anilines is 1. The minimum atomic E-state index is -4.53. The van der Waals surface area contributed by atoms with Crippen LogP contribution >= 0.6 is 0 Å². The molecule has 11 heteroatoms. The van der Waals surface area contributed by atoms with Crippen LogP contribution in [0.1, 0.15) is 10.4 Å². The molecule has 0 aliphatic carbocycles. The molecule has 1 N–H and O–H groups in total. The molecule has 132 valence electrons. The summed E-state index contributed by atoms with van der Waals surface area (Å²) in [6, 6.07) is 4.73. The molecule has 1 aromatic carbocycles. The maximum absolute atomic E-state index is 13.6. The van der Waals surface area contributed by atoms with Gasteiger partial charge in [0.2, 0.25) is 5.88 Å². The van der Waals surface area contributed by atoms with E-state index in [1.807, 2.05) is 0 Å². The van der Waals surface area contributed by atoms with Crippen molar-refractivity contribution in [3.8, 4) is 5.88 Å². The van der Waals surface area contributed by atoms with Crippen molar-refractivity contribution < 1.29 is 32.0 Å². The van der Waals surface area contributed by atoms with Crippen LogP contribution in [0.4, 0.5) is 28.9 Å². The molecule has 2 rings (SSSR count). The SMILES string of the molecule is O=C(Nc1cc([N+](=O)[O-])ccc1F)c1ccc(OCC(F)(F)F)nc1. The Morgan fingerprint density at radius 1 is 1.28 bits per heavy atom. The van der Waals surface area contributed by atoms with Crippen molar-refractivity contribution in [1.29, 1.82) is 0 Å². The highest BCUT2D eigenvalue weighted by Crippen LogP contribution is 2.22. The van der Waals surface area contributed by atoms with E-state index < -0.39 is 40.8 Å². The third kappa shape index (κ3) is 5.12. The minimum Gasteiger partial charge on any atom is -0.468 e. The first-order chi connectivity index (χ1) is 11.7. The number of nitrogens with zero attached hydrogens (tertiary/aromatic N) is 2. The summed E-state index contributed by atoms with van der Waals surface area (Å²) in [7, 11) is 0. The predicted molar refractivity (Wildman–Crippen MR) is 76.8 cm³/mol.